The molecule has 0 radical (unpaired) electrons. The molecule has 1 saturated heterocycles. The normalized spacial score (nSPS) is 23.5. The van der Waals surface area contributed by atoms with Crippen molar-refractivity contribution in [1.82, 2.24) is 15.2 Å². The third-order valence-electron chi connectivity index (χ3n) is 5.56. The number of aromatic nitrogens is 1. The van der Waals surface area contributed by atoms with Gasteiger partial charge < -0.3 is 11.1 Å². The quantitative estimate of drug-likeness (QED) is 0.894. The first-order valence-electron chi connectivity index (χ1n) is 8.32. The molecule has 116 valence electrons. The fraction of sp³-hybridized carbons (Fsp3) is 0.706. The molecule has 0 bridgehead atoms. The van der Waals surface area contributed by atoms with E-state index in [1.54, 1.807) is 0 Å². The summed E-state index contributed by atoms with van der Waals surface area (Å²) in [5.74, 6) is 0.694. The largest absolute Gasteiger partial charge is 0.383 e. The minimum absolute atomic E-state index is 0.229. The Labute approximate surface area is 128 Å². The van der Waals surface area contributed by atoms with Gasteiger partial charge in [-0.2, -0.15) is 0 Å². The van der Waals surface area contributed by atoms with Crippen LogP contribution in [0.2, 0.25) is 0 Å². The van der Waals surface area contributed by atoms with Gasteiger partial charge in [-0.3, -0.25) is 4.90 Å². The van der Waals surface area contributed by atoms with Gasteiger partial charge in [0.2, 0.25) is 0 Å². The second-order valence-electron chi connectivity index (χ2n) is 6.65. The van der Waals surface area contributed by atoms with Gasteiger partial charge in [0.15, 0.2) is 0 Å². The van der Waals surface area contributed by atoms with Crippen molar-refractivity contribution in [2.45, 2.75) is 57.0 Å². The Kier molecular flexibility index (Phi) is 4.18. The van der Waals surface area contributed by atoms with Crippen molar-refractivity contribution in [1.29, 1.82) is 0 Å². The maximum atomic E-state index is 6.25. The summed E-state index contributed by atoms with van der Waals surface area (Å²) in [5, 5.41) is 3.60. The molecule has 2 aliphatic rings. The highest BCUT2D eigenvalue weighted by Crippen LogP contribution is 2.47. The number of pyridine rings is 1. The number of nitrogens with two attached hydrogens (primary N) is 1. The van der Waals surface area contributed by atoms with Crippen LogP contribution >= 0.6 is 0 Å². The zero-order valence-corrected chi connectivity index (χ0v) is 13.4. The Bertz CT molecular complexity index is 467. The molecule has 1 aromatic heterocycles. The predicted molar refractivity (Wildman–Crippen MR) is 87.2 cm³/mol. The fourth-order valence-electron chi connectivity index (χ4n) is 4.59. The zero-order chi connectivity index (χ0) is 14.9. The molecule has 1 aromatic rings. The summed E-state index contributed by atoms with van der Waals surface area (Å²) in [4.78, 5) is 7.09. The summed E-state index contributed by atoms with van der Waals surface area (Å²) in [6, 6.07) is 2.37. The summed E-state index contributed by atoms with van der Waals surface area (Å²) < 4.78 is 0. The first-order valence-corrected chi connectivity index (χ1v) is 8.32. The number of hydrogen-bond donors (Lipinski definition) is 2. The summed E-state index contributed by atoms with van der Waals surface area (Å²) in [7, 11) is 2.08. The van der Waals surface area contributed by atoms with E-state index in [0.717, 1.165) is 0 Å². The lowest BCUT2D eigenvalue weighted by Gasteiger charge is -2.45. The topological polar surface area (TPSA) is 54.2 Å². The van der Waals surface area contributed by atoms with E-state index < -0.39 is 0 Å². The number of likely N-dealkylation sites (N-methyl/N-ethyl adjacent to an activating group) is 1. The van der Waals surface area contributed by atoms with Crippen molar-refractivity contribution in [3.05, 3.63) is 23.4 Å². The summed E-state index contributed by atoms with van der Waals surface area (Å²) >= 11 is 0. The molecule has 3 rings (SSSR count). The molecular weight excluding hydrogens is 260 g/mol. The predicted octanol–water partition coefficient (Wildman–Crippen LogP) is 2.64. The van der Waals surface area contributed by atoms with Crippen LogP contribution < -0.4 is 11.1 Å². The van der Waals surface area contributed by atoms with Crippen molar-refractivity contribution in [3.63, 3.8) is 0 Å². The highest BCUT2D eigenvalue weighted by Gasteiger charge is 2.47. The fourth-order valence-corrected chi connectivity index (χ4v) is 4.59. The van der Waals surface area contributed by atoms with Crippen LogP contribution in [-0.2, 0) is 0 Å². The van der Waals surface area contributed by atoms with E-state index in [-0.39, 0.29) is 11.6 Å². The molecule has 4 heteroatoms. The van der Waals surface area contributed by atoms with E-state index in [9.17, 15) is 0 Å². The van der Waals surface area contributed by atoms with E-state index in [4.69, 9.17) is 5.73 Å². The van der Waals surface area contributed by atoms with E-state index in [0.29, 0.717) is 5.82 Å². The van der Waals surface area contributed by atoms with Gasteiger partial charge in [0.05, 0.1) is 6.04 Å². The summed E-state index contributed by atoms with van der Waals surface area (Å²) in [6.45, 7) is 4.62. The Morgan fingerprint density at radius 3 is 2.48 bits per heavy atom. The standard InChI is InChI=1S/C17H28N4/c1-13-7-10-20-16(18)14(13)15(19-2)17(8-3-4-9-17)21-11-5-6-12-21/h7,10,15,19H,3-6,8-9,11-12H2,1-2H3,(H2,18,20). The number of anilines is 1. The molecule has 0 spiro atoms. The molecule has 2 heterocycles. The number of rotatable bonds is 4. The number of likely N-dealkylation sites (tertiary alicyclic amines) is 1. The lowest BCUT2D eigenvalue weighted by molar-refractivity contribution is 0.0795. The first kappa shape index (κ1) is 14.8. The molecule has 2 fully saturated rings. The molecule has 3 N–H and O–H groups in total. The Morgan fingerprint density at radius 1 is 1.24 bits per heavy atom. The van der Waals surface area contributed by atoms with Crippen molar-refractivity contribution in [2.24, 2.45) is 0 Å². The lowest BCUT2D eigenvalue weighted by Crippen LogP contribution is -2.53. The van der Waals surface area contributed by atoms with Crippen LogP contribution in [0.4, 0.5) is 5.82 Å². The zero-order valence-electron chi connectivity index (χ0n) is 13.4. The maximum Gasteiger partial charge on any atom is 0.128 e. The highest BCUT2D eigenvalue weighted by atomic mass is 15.2. The van der Waals surface area contributed by atoms with Crippen molar-refractivity contribution in [3.8, 4) is 0 Å². The van der Waals surface area contributed by atoms with Crippen LogP contribution in [-0.4, -0.2) is 35.6 Å². The second kappa shape index (κ2) is 5.93. The Hall–Kier alpha value is -1.13. The Morgan fingerprint density at radius 2 is 1.90 bits per heavy atom. The number of hydrogen-bond acceptors (Lipinski definition) is 4. The van der Waals surface area contributed by atoms with Crippen LogP contribution in [0.3, 0.4) is 0 Å². The number of aryl methyl sites for hydroxylation is 1. The maximum absolute atomic E-state index is 6.25. The van der Waals surface area contributed by atoms with Gasteiger partial charge in [-0.15, -0.1) is 0 Å². The molecule has 0 aromatic carbocycles. The molecule has 21 heavy (non-hydrogen) atoms. The molecular formula is C17H28N4. The number of nitrogens with zero attached hydrogens (tertiary/aromatic N) is 2. The van der Waals surface area contributed by atoms with Crippen LogP contribution in [0, 0.1) is 6.92 Å². The molecule has 1 unspecified atom stereocenters. The minimum atomic E-state index is 0.229. The van der Waals surface area contributed by atoms with Gasteiger partial charge >= 0.3 is 0 Å². The van der Waals surface area contributed by atoms with Crippen LogP contribution in [0.1, 0.15) is 55.7 Å². The van der Waals surface area contributed by atoms with Gasteiger partial charge in [0.25, 0.3) is 0 Å². The van der Waals surface area contributed by atoms with Gasteiger partial charge in [-0.1, -0.05) is 12.8 Å². The summed E-state index contributed by atoms with van der Waals surface area (Å²) in [6.07, 6.45) is 9.68. The molecule has 1 aliphatic heterocycles. The molecule has 1 saturated carbocycles. The molecule has 1 atom stereocenters. The minimum Gasteiger partial charge on any atom is -0.383 e. The van der Waals surface area contributed by atoms with E-state index >= 15 is 0 Å². The van der Waals surface area contributed by atoms with Crippen LogP contribution in [0.25, 0.3) is 0 Å². The van der Waals surface area contributed by atoms with E-state index in [1.165, 1.54) is 62.7 Å². The third kappa shape index (κ3) is 2.44. The highest BCUT2D eigenvalue weighted by molar-refractivity contribution is 5.47. The SMILES string of the molecule is CNC(c1c(C)ccnc1N)C1(N2CCCC2)CCCC1. The van der Waals surface area contributed by atoms with Crippen LogP contribution in [0.15, 0.2) is 12.3 Å². The van der Waals surface area contributed by atoms with Gasteiger partial charge in [0, 0.05) is 17.3 Å². The van der Waals surface area contributed by atoms with Gasteiger partial charge in [-0.05, 0) is 64.4 Å². The van der Waals surface area contributed by atoms with Gasteiger partial charge in [0.1, 0.15) is 5.82 Å². The lowest BCUT2D eigenvalue weighted by atomic mass is 9.80. The molecule has 1 aliphatic carbocycles. The van der Waals surface area contributed by atoms with Gasteiger partial charge in [-0.25, -0.2) is 4.98 Å². The second-order valence-corrected chi connectivity index (χ2v) is 6.65. The molecule has 4 nitrogen and oxygen atoms in total. The van der Waals surface area contributed by atoms with E-state index in [1.807, 2.05) is 6.20 Å². The Balaban J connectivity index is 2.03. The number of nitrogens with one attached hydrogen (secondary N) is 1. The third-order valence-corrected chi connectivity index (χ3v) is 5.56. The number of nitrogen functional groups attached to an aromatic ring is 1. The monoisotopic (exact) mass is 288 g/mol. The smallest absolute Gasteiger partial charge is 0.128 e. The van der Waals surface area contributed by atoms with Crippen molar-refractivity contribution in [2.75, 3.05) is 25.9 Å². The van der Waals surface area contributed by atoms with E-state index in [2.05, 4.69) is 35.2 Å². The van der Waals surface area contributed by atoms with Crippen molar-refractivity contribution >= 4 is 5.82 Å². The average Bonchev–Trinajstić information content (AvgIpc) is 3.14. The first-order chi connectivity index (χ1) is 10.2. The van der Waals surface area contributed by atoms with Crippen LogP contribution in [0.5, 0.6) is 0 Å². The molecule has 0 amide bonds. The average molecular weight is 288 g/mol. The van der Waals surface area contributed by atoms with Crippen molar-refractivity contribution < 1.29 is 0 Å². The summed E-state index contributed by atoms with van der Waals surface area (Å²) in [5.41, 5.74) is 8.96.